The maximum Gasteiger partial charge on any atom is 0.230 e. The van der Waals surface area contributed by atoms with Crippen LogP contribution in [0.25, 0.3) is 5.69 Å². The SMILES string of the molecule is O=C1C(Cc2ccc(F)c(F)c2)CCN1c1cnn(-c2ccnnc2)c1CO. The molecular weight excluding hydrogens is 368 g/mol. The molecule has 1 saturated heterocycles. The number of nitrogens with zero attached hydrogens (tertiary/aromatic N) is 5. The molecule has 28 heavy (non-hydrogen) atoms. The normalized spacial score (nSPS) is 16.8. The number of carbonyl (C=O) groups is 1. The van der Waals surface area contributed by atoms with E-state index in [1.807, 2.05) is 0 Å². The van der Waals surface area contributed by atoms with E-state index in [1.165, 1.54) is 29.3 Å². The first-order valence-electron chi connectivity index (χ1n) is 8.78. The van der Waals surface area contributed by atoms with Gasteiger partial charge >= 0.3 is 0 Å². The summed E-state index contributed by atoms with van der Waals surface area (Å²) < 4.78 is 28.1. The molecule has 1 amide bonds. The van der Waals surface area contributed by atoms with Crippen molar-refractivity contribution >= 4 is 11.6 Å². The van der Waals surface area contributed by atoms with E-state index in [1.54, 1.807) is 11.0 Å². The molecule has 144 valence electrons. The molecule has 0 bridgehead atoms. The van der Waals surface area contributed by atoms with Gasteiger partial charge in [0.25, 0.3) is 0 Å². The summed E-state index contributed by atoms with van der Waals surface area (Å²) >= 11 is 0. The summed E-state index contributed by atoms with van der Waals surface area (Å²) in [6.07, 6.45) is 5.45. The van der Waals surface area contributed by atoms with Crippen molar-refractivity contribution in [1.82, 2.24) is 20.0 Å². The van der Waals surface area contributed by atoms with Crippen LogP contribution in [0.15, 0.2) is 42.9 Å². The van der Waals surface area contributed by atoms with Crippen LogP contribution in [0.3, 0.4) is 0 Å². The standard InChI is InChI=1S/C19H17F2N5O2/c20-15-2-1-12(8-16(15)21)7-13-4-6-25(19(13)28)17-10-24-26(18(17)11-27)14-3-5-22-23-9-14/h1-3,5,8-10,13,27H,4,6-7,11H2. The first-order valence-corrected chi connectivity index (χ1v) is 8.78. The third kappa shape index (κ3) is 3.24. The highest BCUT2D eigenvalue weighted by Crippen LogP contribution is 2.31. The highest BCUT2D eigenvalue weighted by atomic mass is 19.2. The lowest BCUT2D eigenvalue weighted by Gasteiger charge is -2.17. The van der Waals surface area contributed by atoms with Gasteiger partial charge in [0.2, 0.25) is 5.91 Å². The zero-order valence-corrected chi connectivity index (χ0v) is 14.8. The molecule has 1 atom stereocenters. The molecule has 4 rings (SSSR count). The molecule has 3 heterocycles. The maximum absolute atomic E-state index is 13.4. The Kier molecular flexibility index (Phi) is 4.82. The number of aliphatic hydroxyl groups is 1. The van der Waals surface area contributed by atoms with Crippen LogP contribution >= 0.6 is 0 Å². The van der Waals surface area contributed by atoms with Crippen molar-refractivity contribution in [3.05, 3.63) is 65.7 Å². The van der Waals surface area contributed by atoms with Gasteiger partial charge in [-0.3, -0.25) is 4.79 Å². The lowest BCUT2D eigenvalue weighted by Crippen LogP contribution is -2.28. The van der Waals surface area contributed by atoms with E-state index < -0.39 is 11.6 Å². The van der Waals surface area contributed by atoms with Crippen molar-refractivity contribution in [3.8, 4) is 5.69 Å². The van der Waals surface area contributed by atoms with Crippen molar-refractivity contribution in [1.29, 1.82) is 0 Å². The predicted molar refractivity (Wildman–Crippen MR) is 95.6 cm³/mol. The summed E-state index contributed by atoms with van der Waals surface area (Å²) in [5, 5.41) is 21.6. The number of hydrogen-bond donors (Lipinski definition) is 1. The largest absolute Gasteiger partial charge is 0.390 e. The van der Waals surface area contributed by atoms with Gasteiger partial charge < -0.3 is 10.0 Å². The summed E-state index contributed by atoms with van der Waals surface area (Å²) in [7, 11) is 0. The summed E-state index contributed by atoms with van der Waals surface area (Å²) in [6, 6.07) is 5.38. The number of anilines is 1. The Hall–Kier alpha value is -3.20. The van der Waals surface area contributed by atoms with Crippen molar-refractivity contribution in [2.24, 2.45) is 5.92 Å². The highest BCUT2D eigenvalue weighted by molar-refractivity contribution is 5.97. The van der Waals surface area contributed by atoms with Crippen LogP contribution in [-0.2, 0) is 17.8 Å². The molecule has 2 aromatic heterocycles. The summed E-state index contributed by atoms with van der Waals surface area (Å²) in [5.41, 5.74) is 2.18. The Morgan fingerprint density at radius 3 is 2.71 bits per heavy atom. The van der Waals surface area contributed by atoms with Gasteiger partial charge in [0.05, 0.1) is 42.3 Å². The Bertz CT molecular complexity index is 1010. The second-order valence-corrected chi connectivity index (χ2v) is 6.58. The fraction of sp³-hybridized carbons (Fsp3) is 0.263. The number of hydrogen-bond acceptors (Lipinski definition) is 5. The average molecular weight is 385 g/mol. The van der Waals surface area contributed by atoms with Crippen molar-refractivity contribution < 1.29 is 18.7 Å². The number of amides is 1. The van der Waals surface area contributed by atoms with Crippen molar-refractivity contribution in [3.63, 3.8) is 0 Å². The zero-order valence-electron chi connectivity index (χ0n) is 14.8. The molecule has 7 nitrogen and oxygen atoms in total. The molecule has 1 fully saturated rings. The van der Waals surface area contributed by atoms with Crippen LogP contribution in [0.4, 0.5) is 14.5 Å². The fourth-order valence-electron chi connectivity index (χ4n) is 3.49. The summed E-state index contributed by atoms with van der Waals surface area (Å²) in [5.74, 6) is -2.31. The number of carbonyl (C=O) groups excluding carboxylic acids is 1. The monoisotopic (exact) mass is 385 g/mol. The van der Waals surface area contributed by atoms with Crippen molar-refractivity contribution in [2.75, 3.05) is 11.4 Å². The molecule has 1 N–H and O–H groups in total. The van der Waals surface area contributed by atoms with Gasteiger partial charge in [0.15, 0.2) is 11.6 Å². The fourth-order valence-corrected chi connectivity index (χ4v) is 3.49. The van der Waals surface area contributed by atoms with Gasteiger partial charge in [-0.25, -0.2) is 13.5 Å². The third-order valence-electron chi connectivity index (χ3n) is 4.88. The van der Waals surface area contributed by atoms with E-state index in [0.717, 1.165) is 12.1 Å². The van der Waals surface area contributed by atoms with Crippen LogP contribution in [-0.4, -0.2) is 37.5 Å². The minimum atomic E-state index is -0.922. The Morgan fingerprint density at radius 2 is 2.00 bits per heavy atom. The third-order valence-corrected chi connectivity index (χ3v) is 4.88. The van der Waals surface area contributed by atoms with Gasteiger partial charge in [0.1, 0.15) is 0 Å². The van der Waals surface area contributed by atoms with Gasteiger partial charge in [0, 0.05) is 12.5 Å². The van der Waals surface area contributed by atoms with E-state index in [9.17, 15) is 18.7 Å². The van der Waals surface area contributed by atoms with Gasteiger partial charge in [-0.05, 0) is 36.6 Å². The summed E-state index contributed by atoms with van der Waals surface area (Å²) in [6.45, 7) is 0.149. The number of benzene rings is 1. The molecular formula is C19H17F2N5O2. The Morgan fingerprint density at radius 1 is 1.14 bits per heavy atom. The van der Waals surface area contributed by atoms with Crippen LogP contribution in [0.1, 0.15) is 17.7 Å². The van der Waals surface area contributed by atoms with Crippen LogP contribution in [0, 0.1) is 17.6 Å². The molecule has 9 heteroatoms. The zero-order chi connectivity index (χ0) is 19.7. The quantitative estimate of drug-likeness (QED) is 0.727. The van der Waals surface area contributed by atoms with E-state index >= 15 is 0 Å². The topological polar surface area (TPSA) is 84.1 Å². The van der Waals surface area contributed by atoms with Crippen molar-refractivity contribution in [2.45, 2.75) is 19.4 Å². The Balaban J connectivity index is 1.57. The lowest BCUT2D eigenvalue weighted by atomic mass is 9.98. The molecule has 1 aromatic carbocycles. The molecule has 0 saturated carbocycles. The minimum Gasteiger partial charge on any atom is -0.390 e. The molecule has 0 radical (unpaired) electrons. The Labute approximate surface area is 159 Å². The first kappa shape index (κ1) is 18.2. The number of halogens is 2. The van der Waals surface area contributed by atoms with E-state index in [4.69, 9.17) is 0 Å². The second kappa shape index (κ2) is 7.43. The number of rotatable bonds is 5. The highest BCUT2D eigenvalue weighted by Gasteiger charge is 2.35. The van der Waals surface area contributed by atoms with Gasteiger partial charge in [-0.15, -0.1) is 0 Å². The average Bonchev–Trinajstić information content (AvgIpc) is 3.29. The molecule has 1 unspecified atom stereocenters. The summed E-state index contributed by atoms with van der Waals surface area (Å²) in [4.78, 5) is 14.5. The number of aliphatic hydroxyl groups excluding tert-OH is 1. The molecule has 0 aliphatic carbocycles. The van der Waals surface area contributed by atoms with Crippen LogP contribution < -0.4 is 4.90 Å². The minimum absolute atomic E-state index is 0.133. The van der Waals surface area contributed by atoms with E-state index in [0.29, 0.717) is 42.0 Å². The second-order valence-electron chi connectivity index (χ2n) is 6.58. The molecule has 3 aromatic rings. The van der Waals surface area contributed by atoms with Gasteiger partial charge in [-0.1, -0.05) is 6.07 Å². The van der Waals surface area contributed by atoms with Crippen LogP contribution in [0.5, 0.6) is 0 Å². The lowest BCUT2D eigenvalue weighted by molar-refractivity contribution is -0.120. The van der Waals surface area contributed by atoms with E-state index in [-0.39, 0.29) is 18.4 Å². The predicted octanol–water partition coefficient (Wildman–Crippen LogP) is 2.03. The molecule has 1 aliphatic heterocycles. The first-order chi connectivity index (χ1) is 13.6. The molecule has 0 spiro atoms. The smallest absolute Gasteiger partial charge is 0.230 e. The van der Waals surface area contributed by atoms with Gasteiger partial charge in [-0.2, -0.15) is 15.3 Å². The van der Waals surface area contributed by atoms with Crippen LogP contribution in [0.2, 0.25) is 0 Å². The number of aromatic nitrogens is 4. The molecule has 1 aliphatic rings. The maximum atomic E-state index is 13.4. The van der Waals surface area contributed by atoms with E-state index in [2.05, 4.69) is 15.3 Å².